The first-order chi connectivity index (χ1) is 8.65. The quantitative estimate of drug-likeness (QED) is 0.720. The molecule has 2 aromatic heterocycles. The van der Waals surface area contributed by atoms with Crippen molar-refractivity contribution in [2.45, 2.75) is 0 Å². The molecule has 0 aliphatic heterocycles. The molecule has 3 rings (SSSR count). The van der Waals surface area contributed by atoms with Gasteiger partial charge in [-0.15, -0.1) is 0 Å². The molecule has 0 saturated heterocycles. The summed E-state index contributed by atoms with van der Waals surface area (Å²) in [4.78, 5) is 7.20. The molecule has 0 atom stereocenters. The fourth-order valence-corrected chi connectivity index (χ4v) is 2.26. The Labute approximate surface area is 111 Å². The van der Waals surface area contributed by atoms with Crippen LogP contribution < -0.4 is 5.73 Å². The Morgan fingerprint density at radius 1 is 1.28 bits per heavy atom. The van der Waals surface area contributed by atoms with E-state index in [9.17, 15) is 4.39 Å². The standard InChI is InChI=1S/C13H9BrFN3/c14-7-4-9(13(16)17-6-7)12-5-8-10(15)2-1-3-11(8)18-12/h1-6,18H,(H2,16,17). The lowest BCUT2D eigenvalue weighted by Gasteiger charge is -2.02. The maximum Gasteiger partial charge on any atom is 0.132 e. The molecule has 90 valence electrons. The van der Waals surface area contributed by atoms with Crippen LogP contribution in [0.3, 0.4) is 0 Å². The number of H-pyrrole nitrogens is 1. The molecule has 1 aromatic carbocycles. The highest BCUT2D eigenvalue weighted by molar-refractivity contribution is 9.10. The van der Waals surface area contributed by atoms with E-state index in [1.54, 1.807) is 18.3 Å². The first kappa shape index (κ1) is 11.2. The number of rotatable bonds is 1. The van der Waals surface area contributed by atoms with Crippen molar-refractivity contribution in [3.8, 4) is 11.3 Å². The monoisotopic (exact) mass is 305 g/mol. The van der Waals surface area contributed by atoms with Crippen molar-refractivity contribution in [1.82, 2.24) is 9.97 Å². The van der Waals surface area contributed by atoms with E-state index in [0.29, 0.717) is 11.2 Å². The van der Waals surface area contributed by atoms with Crippen LogP contribution >= 0.6 is 15.9 Å². The molecule has 0 unspecified atom stereocenters. The Morgan fingerprint density at radius 3 is 2.89 bits per heavy atom. The Bertz CT molecular complexity index is 736. The van der Waals surface area contributed by atoms with Crippen LogP contribution in [0.2, 0.25) is 0 Å². The van der Waals surface area contributed by atoms with E-state index < -0.39 is 0 Å². The molecule has 0 saturated carbocycles. The average molecular weight is 306 g/mol. The first-order valence-corrected chi connectivity index (χ1v) is 6.13. The maximum atomic E-state index is 13.6. The summed E-state index contributed by atoms with van der Waals surface area (Å²) in [6, 6.07) is 8.52. The number of nitrogen functional groups attached to an aromatic ring is 1. The summed E-state index contributed by atoms with van der Waals surface area (Å²) in [6.07, 6.45) is 1.63. The van der Waals surface area contributed by atoms with Crippen LogP contribution in [-0.2, 0) is 0 Å². The van der Waals surface area contributed by atoms with Gasteiger partial charge in [0.25, 0.3) is 0 Å². The van der Waals surface area contributed by atoms with E-state index in [-0.39, 0.29) is 5.82 Å². The molecule has 2 heterocycles. The number of halogens is 2. The van der Waals surface area contributed by atoms with Crippen LogP contribution in [0.25, 0.3) is 22.2 Å². The number of aromatic amines is 1. The molecule has 0 aliphatic rings. The lowest BCUT2D eigenvalue weighted by Crippen LogP contribution is -1.93. The third-order valence-electron chi connectivity index (χ3n) is 2.79. The van der Waals surface area contributed by atoms with Gasteiger partial charge in [0, 0.05) is 27.1 Å². The second kappa shape index (κ2) is 4.10. The third kappa shape index (κ3) is 1.76. The zero-order valence-corrected chi connectivity index (χ0v) is 10.8. The summed E-state index contributed by atoms with van der Waals surface area (Å²) in [6.45, 7) is 0. The highest BCUT2D eigenvalue weighted by atomic mass is 79.9. The van der Waals surface area contributed by atoms with Crippen molar-refractivity contribution in [3.63, 3.8) is 0 Å². The number of aromatic nitrogens is 2. The van der Waals surface area contributed by atoms with Crippen molar-refractivity contribution in [2.24, 2.45) is 0 Å². The molecule has 18 heavy (non-hydrogen) atoms. The molecule has 0 bridgehead atoms. The molecule has 0 aliphatic carbocycles. The van der Waals surface area contributed by atoms with Gasteiger partial charge in [-0.2, -0.15) is 0 Å². The number of anilines is 1. The molecule has 3 aromatic rings. The lowest BCUT2D eigenvalue weighted by atomic mass is 10.2. The fraction of sp³-hybridized carbons (Fsp3) is 0. The van der Waals surface area contributed by atoms with Gasteiger partial charge >= 0.3 is 0 Å². The Morgan fingerprint density at radius 2 is 2.11 bits per heavy atom. The Balaban J connectivity index is 2.26. The molecule has 5 heteroatoms. The third-order valence-corrected chi connectivity index (χ3v) is 3.22. The molecular weight excluding hydrogens is 297 g/mol. The number of pyridine rings is 1. The van der Waals surface area contributed by atoms with E-state index in [1.807, 2.05) is 12.1 Å². The summed E-state index contributed by atoms with van der Waals surface area (Å²) in [5.74, 6) is 0.154. The van der Waals surface area contributed by atoms with E-state index in [2.05, 4.69) is 25.9 Å². The van der Waals surface area contributed by atoms with Crippen molar-refractivity contribution in [2.75, 3.05) is 5.73 Å². The van der Waals surface area contributed by atoms with Crippen LogP contribution in [0.4, 0.5) is 10.2 Å². The van der Waals surface area contributed by atoms with Crippen molar-refractivity contribution >= 4 is 32.7 Å². The van der Waals surface area contributed by atoms with Crippen LogP contribution in [0.1, 0.15) is 0 Å². The zero-order valence-electron chi connectivity index (χ0n) is 9.24. The van der Waals surface area contributed by atoms with Gasteiger partial charge in [-0.05, 0) is 40.2 Å². The SMILES string of the molecule is Nc1ncc(Br)cc1-c1cc2c(F)cccc2[nH]1. The topological polar surface area (TPSA) is 54.7 Å². The van der Waals surface area contributed by atoms with Crippen LogP contribution in [-0.4, -0.2) is 9.97 Å². The van der Waals surface area contributed by atoms with E-state index in [1.165, 1.54) is 6.07 Å². The second-order valence-corrected chi connectivity index (χ2v) is 4.89. The minimum atomic E-state index is -0.253. The molecular formula is C13H9BrFN3. The van der Waals surface area contributed by atoms with E-state index in [0.717, 1.165) is 21.2 Å². The number of benzene rings is 1. The average Bonchev–Trinajstić information content (AvgIpc) is 2.77. The van der Waals surface area contributed by atoms with Crippen LogP contribution in [0.15, 0.2) is 41.0 Å². The predicted molar refractivity (Wildman–Crippen MR) is 73.6 cm³/mol. The number of hydrogen-bond acceptors (Lipinski definition) is 2. The number of nitrogens with two attached hydrogens (primary N) is 1. The minimum Gasteiger partial charge on any atom is -0.383 e. The predicted octanol–water partition coefficient (Wildman–Crippen LogP) is 3.71. The zero-order chi connectivity index (χ0) is 12.7. The maximum absolute atomic E-state index is 13.6. The summed E-state index contributed by atoms with van der Waals surface area (Å²) in [5.41, 5.74) is 8.08. The second-order valence-electron chi connectivity index (χ2n) is 3.97. The Hall–Kier alpha value is -1.88. The number of fused-ring (bicyclic) bond motifs is 1. The van der Waals surface area contributed by atoms with E-state index in [4.69, 9.17) is 5.73 Å². The number of nitrogens with one attached hydrogen (secondary N) is 1. The number of hydrogen-bond donors (Lipinski definition) is 2. The highest BCUT2D eigenvalue weighted by Crippen LogP contribution is 2.30. The molecule has 0 amide bonds. The summed E-state index contributed by atoms with van der Waals surface area (Å²) < 4.78 is 14.4. The van der Waals surface area contributed by atoms with Gasteiger partial charge in [0.1, 0.15) is 11.6 Å². The van der Waals surface area contributed by atoms with E-state index >= 15 is 0 Å². The van der Waals surface area contributed by atoms with Gasteiger partial charge in [0.05, 0.1) is 5.69 Å². The first-order valence-electron chi connectivity index (χ1n) is 5.34. The van der Waals surface area contributed by atoms with Gasteiger partial charge in [-0.25, -0.2) is 9.37 Å². The normalized spacial score (nSPS) is 11.0. The number of nitrogens with zero attached hydrogens (tertiary/aromatic N) is 1. The van der Waals surface area contributed by atoms with Crippen LogP contribution in [0, 0.1) is 5.82 Å². The summed E-state index contributed by atoms with van der Waals surface area (Å²) >= 11 is 3.35. The summed E-state index contributed by atoms with van der Waals surface area (Å²) in [7, 11) is 0. The van der Waals surface area contributed by atoms with Gasteiger partial charge in [-0.3, -0.25) is 0 Å². The van der Waals surface area contributed by atoms with Gasteiger partial charge in [0.2, 0.25) is 0 Å². The van der Waals surface area contributed by atoms with Crippen molar-refractivity contribution in [1.29, 1.82) is 0 Å². The highest BCUT2D eigenvalue weighted by Gasteiger charge is 2.10. The van der Waals surface area contributed by atoms with Crippen LogP contribution in [0.5, 0.6) is 0 Å². The molecule has 3 nitrogen and oxygen atoms in total. The molecule has 0 spiro atoms. The molecule has 0 fully saturated rings. The largest absolute Gasteiger partial charge is 0.383 e. The van der Waals surface area contributed by atoms with Crippen molar-refractivity contribution < 1.29 is 4.39 Å². The lowest BCUT2D eigenvalue weighted by molar-refractivity contribution is 0.640. The van der Waals surface area contributed by atoms with Gasteiger partial charge in [0.15, 0.2) is 0 Å². The van der Waals surface area contributed by atoms with Crippen molar-refractivity contribution in [3.05, 3.63) is 46.8 Å². The minimum absolute atomic E-state index is 0.253. The fourth-order valence-electron chi connectivity index (χ4n) is 1.93. The molecule has 3 N–H and O–H groups in total. The van der Waals surface area contributed by atoms with Gasteiger partial charge in [-0.1, -0.05) is 6.07 Å². The molecule has 0 radical (unpaired) electrons. The summed E-state index contributed by atoms with van der Waals surface area (Å²) in [5, 5.41) is 0.548. The van der Waals surface area contributed by atoms with Gasteiger partial charge < -0.3 is 10.7 Å². The Kier molecular flexibility index (Phi) is 2.56. The smallest absolute Gasteiger partial charge is 0.132 e.